The van der Waals surface area contributed by atoms with Crippen LogP contribution in [0.25, 0.3) is 0 Å². The minimum Gasteiger partial charge on any atom is -0.379 e. The number of rotatable bonds is 3. The predicted octanol–water partition coefficient (Wildman–Crippen LogP) is 0.958. The number of nitrogens with two attached hydrogens (primary N) is 1. The normalized spacial score (nSPS) is 21.0. The zero-order valence-electron chi connectivity index (χ0n) is 8.57. The van der Waals surface area contributed by atoms with Crippen molar-refractivity contribution < 1.29 is 4.74 Å². The topological polar surface area (TPSA) is 72.2 Å². The van der Waals surface area contributed by atoms with Gasteiger partial charge in [0.25, 0.3) is 0 Å². The van der Waals surface area contributed by atoms with E-state index in [2.05, 4.69) is 15.7 Å². The van der Waals surface area contributed by atoms with Crippen molar-refractivity contribution >= 4 is 11.6 Å². The SMILES string of the molecule is NNc1cccc(NC2CCCOC2)n1. The molecule has 5 nitrogen and oxygen atoms in total. The lowest BCUT2D eigenvalue weighted by Gasteiger charge is -2.23. The Labute approximate surface area is 89.0 Å². The molecular formula is C10H16N4O. The molecule has 0 aromatic carbocycles. The minimum atomic E-state index is 0.360. The molecule has 15 heavy (non-hydrogen) atoms. The summed E-state index contributed by atoms with van der Waals surface area (Å²) in [6.07, 6.45) is 2.23. The molecule has 0 aliphatic carbocycles. The summed E-state index contributed by atoms with van der Waals surface area (Å²) < 4.78 is 5.38. The van der Waals surface area contributed by atoms with Crippen LogP contribution in [0, 0.1) is 0 Å². The lowest BCUT2D eigenvalue weighted by atomic mass is 10.1. The number of pyridine rings is 1. The summed E-state index contributed by atoms with van der Waals surface area (Å²) >= 11 is 0. The Balaban J connectivity index is 1.96. The van der Waals surface area contributed by atoms with Crippen molar-refractivity contribution in [2.24, 2.45) is 5.84 Å². The summed E-state index contributed by atoms with van der Waals surface area (Å²) in [6, 6.07) is 6.02. The van der Waals surface area contributed by atoms with Gasteiger partial charge in [-0.25, -0.2) is 10.8 Å². The highest BCUT2D eigenvalue weighted by Crippen LogP contribution is 2.13. The summed E-state index contributed by atoms with van der Waals surface area (Å²) in [7, 11) is 0. The predicted molar refractivity (Wildman–Crippen MR) is 59.5 cm³/mol. The Kier molecular flexibility index (Phi) is 3.37. The van der Waals surface area contributed by atoms with Crippen molar-refractivity contribution in [3.63, 3.8) is 0 Å². The van der Waals surface area contributed by atoms with Crippen molar-refractivity contribution in [1.82, 2.24) is 4.98 Å². The van der Waals surface area contributed by atoms with E-state index in [0.717, 1.165) is 31.9 Å². The fourth-order valence-electron chi connectivity index (χ4n) is 1.66. The Hall–Kier alpha value is -1.33. The number of nitrogens with zero attached hydrogens (tertiary/aromatic N) is 1. The second-order valence-electron chi connectivity index (χ2n) is 3.61. The monoisotopic (exact) mass is 208 g/mol. The van der Waals surface area contributed by atoms with Crippen molar-refractivity contribution in [3.8, 4) is 0 Å². The number of hydrogen-bond acceptors (Lipinski definition) is 5. The maximum Gasteiger partial charge on any atom is 0.142 e. The number of aromatic nitrogens is 1. The molecule has 4 N–H and O–H groups in total. The van der Waals surface area contributed by atoms with Crippen LogP contribution < -0.4 is 16.6 Å². The lowest BCUT2D eigenvalue weighted by Crippen LogP contribution is -2.30. The first kappa shape index (κ1) is 10.2. The Bertz CT molecular complexity index is 312. The van der Waals surface area contributed by atoms with E-state index in [0.29, 0.717) is 11.9 Å². The number of nitrogens with one attached hydrogen (secondary N) is 2. The molecule has 82 valence electrons. The molecule has 1 saturated heterocycles. The number of anilines is 2. The van der Waals surface area contributed by atoms with Crippen LogP contribution in [0.5, 0.6) is 0 Å². The highest BCUT2D eigenvalue weighted by Gasteiger charge is 2.13. The summed E-state index contributed by atoms with van der Waals surface area (Å²) in [5.41, 5.74) is 2.52. The fraction of sp³-hybridized carbons (Fsp3) is 0.500. The molecule has 1 aliphatic heterocycles. The smallest absolute Gasteiger partial charge is 0.142 e. The van der Waals surface area contributed by atoms with E-state index in [-0.39, 0.29) is 0 Å². The molecule has 1 atom stereocenters. The summed E-state index contributed by atoms with van der Waals surface area (Å²) in [4.78, 5) is 4.28. The van der Waals surface area contributed by atoms with E-state index >= 15 is 0 Å². The van der Waals surface area contributed by atoms with Crippen LogP contribution in [-0.4, -0.2) is 24.2 Å². The van der Waals surface area contributed by atoms with Crippen molar-refractivity contribution in [1.29, 1.82) is 0 Å². The third-order valence-corrected chi connectivity index (χ3v) is 2.41. The lowest BCUT2D eigenvalue weighted by molar-refractivity contribution is 0.0875. The van der Waals surface area contributed by atoms with Gasteiger partial charge in [0.2, 0.25) is 0 Å². The van der Waals surface area contributed by atoms with Gasteiger partial charge in [-0.05, 0) is 25.0 Å². The molecule has 1 aromatic rings. The molecule has 0 saturated carbocycles. The molecule has 2 heterocycles. The highest BCUT2D eigenvalue weighted by atomic mass is 16.5. The number of ether oxygens (including phenoxy) is 1. The van der Waals surface area contributed by atoms with Crippen molar-refractivity contribution in [2.75, 3.05) is 24.0 Å². The standard InChI is InChI=1S/C10H16N4O/c11-14-10-5-1-4-9(13-10)12-8-3-2-6-15-7-8/h1,4-5,8H,2-3,6-7,11H2,(H2,12,13,14). The molecule has 0 radical (unpaired) electrons. The molecule has 1 aromatic heterocycles. The molecule has 0 bridgehead atoms. The minimum absolute atomic E-state index is 0.360. The van der Waals surface area contributed by atoms with Gasteiger partial charge in [0, 0.05) is 6.61 Å². The molecule has 1 aliphatic rings. The molecule has 2 rings (SSSR count). The van der Waals surface area contributed by atoms with Crippen molar-refractivity contribution in [2.45, 2.75) is 18.9 Å². The second-order valence-corrected chi connectivity index (χ2v) is 3.61. The average molecular weight is 208 g/mol. The van der Waals surface area contributed by atoms with Gasteiger partial charge in [0.1, 0.15) is 11.6 Å². The van der Waals surface area contributed by atoms with E-state index in [1.807, 2.05) is 18.2 Å². The Morgan fingerprint density at radius 2 is 2.27 bits per heavy atom. The highest BCUT2D eigenvalue weighted by molar-refractivity contribution is 5.44. The van der Waals surface area contributed by atoms with E-state index in [9.17, 15) is 0 Å². The maximum absolute atomic E-state index is 5.38. The first-order chi connectivity index (χ1) is 7.38. The largest absolute Gasteiger partial charge is 0.379 e. The maximum atomic E-state index is 5.38. The molecule has 1 unspecified atom stereocenters. The molecule has 1 fully saturated rings. The van der Waals surface area contributed by atoms with E-state index < -0.39 is 0 Å². The first-order valence-electron chi connectivity index (χ1n) is 5.16. The van der Waals surface area contributed by atoms with Gasteiger partial charge in [0.15, 0.2) is 0 Å². The van der Waals surface area contributed by atoms with Crippen LogP contribution >= 0.6 is 0 Å². The third kappa shape index (κ3) is 2.81. The number of hydrazine groups is 1. The van der Waals surface area contributed by atoms with E-state index in [4.69, 9.17) is 10.6 Å². The molecule has 0 spiro atoms. The summed E-state index contributed by atoms with van der Waals surface area (Å²) in [5.74, 6) is 6.78. The van der Waals surface area contributed by atoms with Crippen molar-refractivity contribution in [3.05, 3.63) is 18.2 Å². The summed E-state index contributed by atoms with van der Waals surface area (Å²) in [6.45, 7) is 1.62. The van der Waals surface area contributed by atoms with Gasteiger partial charge in [-0.15, -0.1) is 0 Å². The third-order valence-electron chi connectivity index (χ3n) is 2.41. The number of nitrogen functional groups attached to an aromatic ring is 1. The van der Waals surface area contributed by atoms with Gasteiger partial charge in [-0.3, -0.25) is 0 Å². The zero-order valence-corrected chi connectivity index (χ0v) is 8.57. The zero-order chi connectivity index (χ0) is 10.5. The van der Waals surface area contributed by atoms with Gasteiger partial charge in [-0.1, -0.05) is 6.07 Å². The van der Waals surface area contributed by atoms with Crippen LogP contribution in [-0.2, 0) is 4.74 Å². The van der Waals surface area contributed by atoms with Crippen LogP contribution in [0.4, 0.5) is 11.6 Å². The van der Waals surface area contributed by atoms with E-state index in [1.54, 1.807) is 0 Å². The van der Waals surface area contributed by atoms with Crippen LogP contribution in [0.15, 0.2) is 18.2 Å². The average Bonchev–Trinajstić information content (AvgIpc) is 2.31. The van der Waals surface area contributed by atoms with Gasteiger partial charge >= 0.3 is 0 Å². The summed E-state index contributed by atoms with van der Waals surface area (Å²) in [5, 5.41) is 3.32. The molecular weight excluding hydrogens is 192 g/mol. The quantitative estimate of drug-likeness (QED) is 0.509. The molecule has 5 heteroatoms. The molecule has 0 amide bonds. The Morgan fingerprint density at radius 3 is 3.00 bits per heavy atom. The van der Waals surface area contributed by atoms with E-state index in [1.165, 1.54) is 0 Å². The fourth-order valence-corrected chi connectivity index (χ4v) is 1.66. The first-order valence-corrected chi connectivity index (χ1v) is 5.16. The second kappa shape index (κ2) is 4.95. The van der Waals surface area contributed by atoms with Crippen LogP contribution in [0.2, 0.25) is 0 Å². The van der Waals surface area contributed by atoms with Gasteiger partial charge in [-0.2, -0.15) is 0 Å². The van der Waals surface area contributed by atoms with Gasteiger partial charge < -0.3 is 15.5 Å². The van der Waals surface area contributed by atoms with Crippen LogP contribution in [0.3, 0.4) is 0 Å². The Morgan fingerprint density at radius 1 is 1.40 bits per heavy atom. The van der Waals surface area contributed by atoms with Crippen LogP contribution in [0.1, 0.15) is 12.8 Å². The van der Waals surface area contributed by atoms with Gasteiger partial charge in [0.05, 0.1) is 12.6 Å². The number of hydrogen-bond donors (Lipinski definition) is 3.